The first-order valence-electron chi connectivity index (χ1n) is 6.13. The Labute approximate surface area is 112 Å². The van der Waals surface area contributed by atoms with E-state index in [0.29, 0.717) is 11.9 Å². The fourth-order valence-corrected chi connectivity index (χ4v) is 2.23. The van der Waals surface area contributed by atoms with E-state index in [2.05, 4.69) is 10.2 Å². The first kappa shape index (κ1) is 12.7. The normalized spacial score (nSPS) is 14.6. The predicted octanol–water partition coefficient (Wildman–Crippen LogP) is 2.56. The highest BCUT2D eigenvalue weighted by Gasteiger charge is 2.30. The molecule has 0 atom stereocenters. The molecule has 3 rings (SSSR count). The Bertz CT molecular complexity index is 708. The number of hydrogen-bond acceptors (Lipinski definition) is 3. The standard InChI is InChI=1S/C13H11F2N3O2/c1-6-16-17-12(18(6)7-2-3-7)8-4-10(14)11(15)5-9(8)13(19)20/h4-5,7H,2-3H2,1H3,(H,19,20). The highest BCUT2D eigenvalue weighted by Crippen LogP contribution is 2.39. The molecule has 1 heterocycles. The van der Waals surface area contributed by atoms with Crippen LogP contribution in [-0.4, -0.2) is 25.8 Å². The molecule has 0 radical (unpaired) electrons. The molecular formula is C13H11F2N3O2. The van der Waals surface area contributed by atoms with E-state index >= 15 is 0 Å². The summed E-state index contributed by atoms with van der Waals surface area (Å²) in [6.07, 6.45) is 1.88. The lowest BCUT2D eigenvalue weighted by Gasteiger charge is -2.09. The number of aromatic carboxylic acids is 1. The molecule has 20 heavy (non-hydrogen) atoms. The maximum Gasteiger partial charge on any atom is 0.336 e. The molecule has 0 amide bonds. The average Bonchev–Trinajstić information content (AvgIpc) is 3.15. The molecule has 1 aliphatic rings. The largest absolute Gasteiger partial charge is 0.478 e. The number of hydrogen-bond donors (Lipinski definition) is 1. The van der Waals surface area contributed by atoms with E-state index in [1.807, 2.05) is 0 Å². The summed E-state index contributed by atoms with van der Waals surface area (Å²) in [5.74, 6) is -2.74. The Hall–Kier alpha value is -2.31. The Kier molecular flexibility index (Phi) is 2.77. The van der Waals surface area contributed by atoms with Crippen LogP contribution in [0.25, 0.3) is 11.4 Å². The zero-order valence-electron chi connectivity index (χ0n) is 10.6. The minimum atomic E-state index is -1.33. The quantitative estimate of drug-likeness (QED) is 0.937. The molecule has 1 N–H and O–H groups in total. The van der Waals surface area contributed by atoms with Crippen molar-refractivity contribution in [3.63, 3.8) is 0 Å². The van der Waals surface area contributed by atoms with Crippen molar-refractivity contribution >= 4 is 5.97 Å². The lowest BCUT2D eigenvalue weighted by Crippen LogP contribution is -2.07. The zero-order valence-corrected chi connectivity index (χ0v) is 10.6. The molecule has 0 aliphatic heterocycles. The van der Waals surface area contributed by atoms with Gasteiger partial charge in [0.15, 0.2) is 17.5 Å². The molecule has 104 valence electrons. The highest BCUT2D eigenvalue weighted by molar-refractivity contribution is 5.95. The molecule has 5 nitrogen and oxygen atoms in total. The number of carbonyl (C=O) groups is 1. The Morgan fingerprint density at radius 1 is 1.30 bits per heavy atom. The second-order valence-corrected chi connectivity index (χ2v) is 4.79. The van der Waals surface area contributed by atoms with Crippen LogP contribution in [-0.2, 0) is 0 Å². The van der Waals surface area contributed by atoms with Gasteiger partial charge in [0.25, 0.3) is 0 Å². The molecule has 0 bridgehead atoms. The number of nitrogens with zero attached hydrogens (tertiary/aromatic N) is 3. The third-order valence-corrected chi connectivity index (χ3v) is 3.31. The van der Waals surface area contributed by atoms with Crippen LogP contribution in [0.3, 0.4) is 0 Å². The minimum absolute atomic E-state index is 0.0453. The Balaban J connectivity index is 2.24. The van der Waals surface area contributed by atoms with Gasteiger partial charge in [-0.05, 0) is 31.9 Å². The van der Waals surface area contributed by atoms with E-state index in [1.54, 1.807) is 11.5 Å². The van der Waals surface area contributed by atoms with Gasteiger partial charge in [0, 0.05) is 11.6 Å². The summed E-state index contributed by atoms with van der Waals surface area (Å²) in [6.45, 7) is 1.75. The molecule has 1 aromatic carbocycles. The summed E-state index contributed by atoms with van der Waals surface area (Å²) in [7, 11) is 0. The fraction of sp³-hybridized carbons (Fsp3) is 0.308. The first-order valence-corrected chi connectivity index (χ1v) is 6.13. The van der Waals surface area contributed by atoms with Crippen LogP contribution in [0.4, 0.5) is 8.78 Å². The van der Waals surface area contributed by atoms with E-state index in [9.17, 15) is 13.6 Å². The molecule has 1 aromatic heterocycles. The van der Waals surface area contributed by atoms with Crippen LogP contribution < -0.4 is 0 Å². The lowest BCUT2D eigenvalue weighted by molar-refractivity contribution is 0.0697. The van der Waals surface area contributed by atoms with Crippen molar-refractivity contribution in [1.29, 1.82) is 0 Å². The average molecular weight is 279 g/mol. The number of carboxylic acid groups (broad SMARTS) is 1. The smallest absolute Gasteiger partial charge is 0.336 e. The maximum atomic E-state index is 13.4. The summed E-state index contributed by atoms with van der Waals surface area (Å²) >= 11 is 0. The van der Waals surface area contributed by atoms with Crippen molar-refractivity contribution in [1.82, 2.24) is 14.8 Å². The van der Waals surface area contributed by atoms with Gasteiger partial charge in [-0.2, -0.15) is 0 Å². The van der Waals surface area contributed by atoms with Crippen LogP contribution in [0.1, 0.15) is 35.1 Å². The summed E-state index contributed by atoms with van der Waals surface area (Å²) < 4.78 is 28.4. The molecule has 2 aromatic rings. The Morgan fingerprint density at radius 2 is 1.95 bits per heavy atom. The second kappa shape index (κ2) is 4.36. The number of halogens is 2. The third-order valence-electron chi connectivity index (χ3n) is 3.31. The monoisotopic (exact) mass is 279 g/mol. The van der Waals surface area contributed by atoms with Crippen LogP contribution in [0, 0.1) is 18.6 Å². The van der Waals surface area contributed by atoms with Gasteiger partial charge in [-0.25, -0.2) is 13.6 Å². The van der Waals surface area contributed by atoms with E-state index in [4.69, 9.17) is 5.11 Å². The number of carboxylic acids is 1. The summed E-state index contributed by atoms with van der Waals surface area (Å²) in [5.41, 5.74) is -0.276. The topological polar surface area (TPSA) is 68.0 Å². The SMILES string of the molecule is Cc1nnc(-c2cc(F)c(F)cc2C(=O)O)n1C1CC1. The van der Waals surface area contributed by atoms with E-state index in [1.165, 1.54) is 0 Å². The molecule has 0 unspecified atom stereocenters. The van der Waals surface area contributed by atoms with Crippen molar-refractivity contribution in [2.24, 2.45) is 0 Å². The van der Waals surface area contributed by atoms with Gasteiger partial charge in [0.1, 0.15) is 5.82 Å². The van der Waals surface area contributed by atoms with Crippen LogP contribution in [0.2, 0.25) is 0 Å². The van der Waals surface area contributed by atoms with Gasteiger partial charge in [0.05, 0.1) is 5.56 Å². The van der Waals surface area contributed by atoms with E-state index in [-0.39, 0.29) is 23.0 Å². The van der Waals surface area contributed by atoms with Gasteiger partial charge in [-0.1, -0.05) is 0 Å². The van der Waals surface area contributed by atoms with Crippen LogP contribution in [0.15, 0.2) is 12.1 Å². The number of benzene rings is 1. The van der Waals surface area contributed by atoms with Gasteiger partial charge >= 0.3 is 5.97 Å². The van der Waals surface area contributed by atoms with E-state index < -0.39 is 17.6 Å². The number of aromatic nitrogens is 3. The van der Waals surface area contributed by atoms with Gasteiger partial charge < -0.3 is 9.67 Å². The predicted molar refractivity (Wildman–Crippen MR) is 65.3 cm³/mol. The van der Waals surface area contributed by atoms with Crippen LogP contribution in [0.5, 0.6) is 0 Å². The van der Waals surface area contributed by atoms with Crippen molar-refractivity contribution in [3.05, 3.63) is 35.2 Å². The van der Waals surface area contributed by atoms with Gasteiger partial charge in [0.2, 0.25) is 0 Å². The molecule has 1 aliphatic carbocycles. The first-order chi connectivity index (χ1) is 9.49. The van der Waals surface area contributed by atoms with Crippen molar-refractivity contribution in [3.8, 4) is 11.4 Å². The summed E-state index contributed by atoms with van der Waals surface area (Å²) in [6, 6.07) is 1.74. The third kappa shape index (κ3) is 1.95. The molecule has 7 heteroatoms. The second-order valence-electron chi connectivity index (χ2n) is 4.79. The van der Waals surface area contributed by atoms with Crippen molar-refractivity contribution < 1.29 is 18.7 Å². The van der Waals surface area contributed by atoms with Gasteiger partial charge in [-0.3, -0.25) is 0 Å². The van der Waals surface area contributed by atoms with Crippen molar-refractivity contribution in [2.75, 3.05) is 0 Å². The van der Waals surface area contributed by atoms with Gasteiger partial charge in [-0.15, -0.1) is 10.2 Å². The molecular weight excluding hydrogens is 268 g/mol. The summed E-state index contributed by atoms with van der Waals surface area (Å²) in [4.78, 5) is 11.2. The van der Waals surface area contributed by atoms with Crippen LogP contribution >= 0.6 is 0 Å². The van der Waals surface area contributed by atoms with Crippen molar-refractivity contribution in [2.45, 2.75) is 25.8 Å². The zero-order chi connectivity index (χ0) is 14.4. The highest BCUT2D eigenvalue weighted by atomic mass is 19.2. The minimum Gasteiger partial charge on any atom is -0.478 e. The number of aryl methyl sites for hydroxylation is 1. The molecule has 1 fully saturated rings. The number of rotatable bonds is 3. The van der Waals surface area contributed by atoms with E-state index in [0.717, 1.165) is 18.9 Å². The maximum absolute atomic E-state index is 13.4. The fourth-order valence-electron chi connectivity index (χ4n) is 2.23. The molecule has 1 saturated carbocycles. The molecule has 0 saturated heterocycles. The lowest BCUT2D eigenvalue weighted by atomic mass is 10.1. The summed E-state index contributed by atoms with van der Waals surface area (Å²) in [5, 5.41) is 17.0. The molecule has 0 spiro atoms. The Morgan fingerprint density at radius 3 is 2.55 bits per heavy atom.